The van der Waals surface area contributed by atoms with Gasteiger partial charge < -0.3 is 14.7 Å². The first kappa shape index (κ1) is 19.8. The highest BCUT2D eigenvalue weighted by Gasteiger charge is 2.45. The Morgan fingerprint density at radius 1 is 1.19 bits per heavy atom. The Morgan fingerprint density at radius 2 is 2.10 bits per heavy atom. The standard InChI is InChI=1S/C23H26N4O4/c28-20-8-4-7-19-16-11-17(14-26(13-16)23(30)18-9-10-31-25-18)21(27(19)20)22(29)24-12-15-5-2-1-3-6-15/h4-5,7-10,16-17,21H,1-3,6,11-14H2,(H,24,29)/t16-,17+,21-/m1/s1. The smallest absolute Gasteiger partial charge is 0.276 e. The van der Waals surface area contributed by atoms with Gasteiger partial charge in [-0.2, -0.15) is 0 Å². The lowest BCUT2D eigenvalue weighted by molar-refractivity contribution is -0.127. The second-order valence-electron chi connectivity index (χ2n) is 8.72. The Bertz CT molecular complexity index is 1070. The van der Waals surface area contributed by atoms with Crippen LogP contribution in [0.1, 0.15) is 60.2 Å². The molecule has 3 aliphatic rings. The number of nitrogens with zero attached hydrogens (tertiary/aromatic N) is 3. The van der Waals surface area contributed by atoms with E-state index in [-0.39, 0.29) is 34.9 Å². The molecule has 2 bridgehead atoms. The average Bonchev–Trinajstić information content (AvgIpc) is 3.33. The van der Waals surface area contributed by atoms with Crippen LogP contribution < -0.4 is 10.9 Å². The zero-order chi connectivity index (χ0) is 21.4. The van der Waals surface area contributed by atoms with Crippen molar-refractivity contribution in [2.75, 3.05) is 19.6 Å². The number of pyridine rings is 1. The Kier molecular flexibility index (Phi) is 5.21. The van der Waals surface area contributed by atoms with Gasteiger partial charge in [-0.1, -0.05) is 22.9 Å². The fourth-order valence-electron chi connectivity index (χ4n) is 5.29. The molecule has 8 heteroatoms. The zero-order valence-corrected chi connectivity index (χ0v) is 17.3. The summed E-state index contributed by atoms with van der Waals surface area (Å²) in [5.41, 5.74) is 2.16. The predicted octanol–water partition coefficient (Wildman–Crippen LogP) is 2.25. The van der Waals surface area contributed by atoms with Crippen LogP contribution in [0.25, 0.3) is 0 Å². The van der Waals surface area contributed by atoms with Gasteiger partial charge in [-0.25, -0.2) is 0 Å². The van der Waals surface area contributed by atoms with E-state index in [1.165, 1.54) is 24.3 Å². The normalized spacial score (nSPS) is 24.8. The van der Waals surface area contributed by atoms with Crippen molar-refractivity contribution < 1.29 is 14.1 Å². The van der Waals surface area contributed by atoms with Crippen molar-refractivity contribution in [1.29, 1.82) is 0 Å². The van der Waals surface area contributed by atoms with Crippen LogP contribution in [0.3, 0.4) is 0 Å². The van der Waals surface area contributed by atoms with Crippen LogP contribution in [0.4, 0.5) is 0 Å². The number of hydrogen-bond donors (Lipinski definition) is 1. The molecule has 0 aromatic carbocycles. The summed E-state index contributed by atoms with van der Waals surface area (Å²) in [6.45, 7) is 1.42. The number of hydrogen-bond acceptors (Lipinski definition) is 5. The molecule has 1 N–H and O–H groups in total. The molecule has 5 rings (SSSR count). The van der Waals surface area contributed by atoms with Gasteiger partial charge >= 0.3 is 0 Å². The van der Waals surface area contributed by atoms with Gasteiger partial charge in [0.1, 0.15) is 12.3 Å². The first-order chi connectivity index (χ1) is 15.1. The summed E-state index contributed by atoms with van der Waals surface area (Å²) in [7, 11) is 0. The molecule has 4 heterocycles. The van der Waals surface area contributed by atoms with E-state index in [2.05, 4.69) is 16.5 Å². The van der Waals surface area contributed by atoms with Crippen molar-refractivity contribution in [3.8, 4) is 0 Å². The third-order valence-corrected chi connectivity index (χ3v) is 6.73. The van der Waals surface area contributed by atoms with Crippen LogP contribution in [0.5, 0.6) is 0 Å². The van der Waals surface area contributed by atoms with Gasteiger partial charge in [0.15, 0.2) is 5.69 Å². The molecule has 0 radical (unpaired) electrons. The number of likely N-dealkylation sites (tertiary alicyclic amines) is 1. The van der Waals surface area contributed by atoms with Crippen LogP contribution in [0.2, 0.25) is 0 Å². The van der Waals surface area contributed by atoms with E-state index in [1.807, 2.05) is 6.07 Å². The number of rotatable bonds is 4. The summed E-state index contributed by atoms with van der Waals surface area (Å²) < 4.78 is 6.48. The minimum Gasteiger partial charge on any atom is -0.364 e. The lowest BCUT2D eigenvalue weighted by atomic mass is 9.78. The first-order valence-electron chi connectivity index (χ1n) is 11.0. The highest BCUT2D eigenvalue weighted by molar-refractivity contribution is 5.92. The molecule has 162 valence electrons. The monoisotopic (exact) mass is 422 g/mol. The molecule has 0 unspecified atom stereocenters. The zero-order valence-electron chi connectivity index (χ0n) is 17.3. The maximum absolute atomic E-state index is 13.3. The second-order valence-corrected chi connectivity index (χ2v) is 8.72. The van der Waals surface area contributed by atoms with E-state index >= 15 is 0 Å². The Balaban J connectivity index is 1.43. The number of amides is 2. The lowest BCUT2D eigenvalue weighted by Crippen LogP contribution is -2.54. The minimum atomic E-state index is -0.628. The number of aromatic nitrogens is 2. The number of allylic oxidation sites excluding steroid dienone is 1. The fourth-order valence-corrected chi connectivity index (χ4v) is 5.29. The summed E-state index contributed by atoms with van der Waals surface area (Å²) in [6.07, 6.45) is 8.77. The molecule has 2 aliphatic heterocycles. The fraction of sp³-hybridized carbons (Fsp3) is 0.478. The highest BCUT2D eigenvalue weighted by atomic mass is 16.5. The maximum Gasteiger partial charge on any atom is 0.276 e. The minimum absolute atomic E-state index is 0.00797. The number of nitrogens with one attached hydrogen (secondary N) is 1. The van der Waals surface area contributed by atoms with Gasteiger partial charge in [0.05, 0.1) is 0 Å². The number of piperidine rings is 1. The van der Waals surface area contributed by atoms with Crippen LogP contribution in [-0.4, -0.2) is 46.1 Å². The number of carbonyl (C=O) groups is 2. The molecule has 1 fully saturated rings. The highest BCUT2D eigenvalue weighted by Crippen LogP contribution is 2.41. The average molecular weight is 422 g/mol. The van der Waals surface area contributed by atoms with Crippen molar-refractivity contribution in [2.45, 2.75) is 44.1 Å². The first-order valence-corrected chi connectivity index (χ1v) is 11.0. The summed E-state index contributed by atoms with van der Waals surface area (Å²) in [6, 6.07) is 6.06. The molecule has 8 nitrogen and oxygen atoms in total. The van der Waals surface area contributed by atoms with Crippen molar-refractivity contribution in [3.05, 3.63) is 63.9 Å². The third-order valence-electron chi connectivity index (χ3n) is 6.73. The van der Waals surface area contributed by atoms with Gasteiger partial charge in [-0.05, 0) is 38.2 Å². The molecular weight excluding hydrogens is 396 g/mol. The van der Waals surface area contributed by atoms with Crippen LogP contribution >= 0.6 is 0 Å². The van der Waals surface area contributed by atoms with Gasteiger partial charge in [-0.15, -0.1) is 0 Å². The van der Waals surface area contributed by atoms with E-state index < -0.39 is 6.04 Å². The van der Waals surface area contributed by atoms with Crippen molar-refractivity contribution in [2.24, 2.45) is 5.92 Å². The van der Waals surface area contributed by atoms with Crippen LogP contribution in [0, 0.1) is 5.92 Å². The van der Waals surface area contributed by atoms with E-state index in [4.69, 9.17) is 4.52 Å². The van der Waals surface area contributed by atoms with E-state index in [1.54, 1.807) is 21.6 Å². The molecule has 1 aliphatic carbocycles. The van der Waals surface area contributed by atoms with Crippen molar-refractivity contribution in [3.63, 3.8) is 0 Å². The Hall–Kier alpha value is -3.16. The molecule has 3 atom stereocenters. The van der Waals surface area contributed by atoms with Crippen LogP contribution in [0.15, 0.2) is 51.5 Å². The number of fused-ring (bicyclic) bond motifs is 4. The Labute approximate surface area is 179 Å². The van der Waals surface area contributed by atoms with E-state index in [9.17, 15) is 14.4 Å². The number of carbonyl (C=O) groups excluding carboxylic acids is 2. The van der Waals surface area contributed by atoms with Gasteiger partial charge in [0.25, 0.3) is 11.5 Å². The predicted molar refractivity (Wildman–Crippen MR) is 113 cm³/mol. The molecule has 2 aromatic heterocycles. The van der Waals surface area contributed by atoms with Crippen molar-refractivity contribution in [1.82, 2.24) is 19.9 Å². The van der Waals surface area contributed by atoms with E-state index in [0.29, 0.717) is 19.6 Å². The largest absolute Gasteiger partial charge is 0.364 e. The molecule has 0 saturated carbocycles. The quantitative estimate of drug-likeness (QED) is 0.763. The van der Waals surface area contributed by atoms with E-state index in [0.717, 1.165) is 31.4 Å². The molecule has 0 spiro atoms. The van der Waals surface area contributed by atoms with Gasteiger partial charge in [-0.3, -0.25) is 19.0 Å². The van der Waals surface area contributed by atoms with Gasteiger partial charge in [0, 0.05) is 49.3 Å². The van der Waals surface area contributed by atoms with Crippen LogP contribution in [-0.2, 0) is 4.79 Å². The maximum atomic E-state index is 13.3. The SMILES string of the molecule is O=C(NCC1=CCCCC1)[C@H]1[C@H]2C[C@H](CN(C(=O)c3ccon3)C2)c2cccc(=O)n21. The topological polar surface area (TPSA) is 97.4 Å². The second kappa shape index (κ2) is 8.17. The summed E-state index contributed by atoms with van der Waals surface area (Å²) in [5.74, 6) is -0.488. The molecular formula is C23H26N4O4. The molecule has 1 saturated heterocycles. The summed E-state index contributed by atoms with van der Waals surface area (Å²) >= 11 is 0. The molecule has 31 heavy (non-hydrogen) atoms. The third kappa shape index (κ3) is 3.71. The van der Waals surface area contributed by atoms with Gasteiger partial charge in [0.2, 0.25) is 5.91 Å². The summed E-state index contributed by atoms with van der Waals surface area (Å²) in [5, 5.41) is 6.84. The lowest BCUT2D eigenvalue weighted by Gasteiger charge is -2.46. The molecule has 2 amide bonds. The Morgan fingerprint density at radius 3 is 2.87 bits per heavy atom. The van der Waals surface area contributed by atoms with Crippen molar-refractivity contribution >= 4 is 11.8 Å². The summed E-state index contributed by atoms with van der Waals surface area (Å²) in [4.78, 5) is 40.8. The molecule has 2 aromatic rings.